The predicted octanol–water partition coefficient (Wildman–Crippen LogP) is 5.04. The Balaban J connectivity index is 1.96. The Kier molecular flexibility index (Phi) is 4.13. The van der Waals surface area contributed by atoms with Crippen molar-refractivity contribution in [1.29, 1.82) is 0 Å². The Bertz CT molecular complexity index is 1140. The number of rotatable bonds is 4. The Hall–Kier alpha value is -2.85. The van der Waals surface area contributed by atoms with Crippen LogP contribution in [0.15, 0.2) is 90.0 Å². The van der Waals surface area contributed by atoms with Crippen LogP contribution >= 0.6 is 0 Å². The number of hydrogen-bond acceptors (Lipinski definition) is 2. The second-order valence-corrected chi connectivity index (χ2v) is 8.47. The van der Waals surface area contributed by atoms with E-state index in [9.17, 15) is 8.42 Å². The average molecular weight is 361 g/mol. The maximum atomic E-state index is 13.6. The topological polar surface area (TPSA) is 49.9 Å². The molecule has 4 aromatic rings. The number of H-pyrrole nitrogens is 1. The first kappa shape index (κ1) is 16.6. The number of hydrogen-bond donors (Lipinski definition) is 1. The fourth-order valence-electron chi connectivity index (χ4n) is 3.33. The summed E-state index contributed by atoms with van der Waals surface area (Å²) in [6.07, 6.45) is 1.81. The molecular formula is C22H19NO2S. The molecule has 1 atom stereocenters. The van der Waals surface area contributed by atoms with Crippen molar-refractivity contribution < 1.29 is 8.42 Å². The molecule has 0 aliphatic heterocycles. The predicted molar refractivity (Wildman–Crippen MR) is 105 cm³/mol. The Morgan fingerprint density at radius 1 is 0.808 bits per heavy atom. The number of nitrogens with one attached hydrogen (secondary N) is 1. The first-order valence-electron chi connectivity index (χ1n) is 8.49. The van der Waals surface area contributed by atoms with Crippen LogP contribution in [0.5, 0.6) is 0 Å². The third-order valence-electron chi connectivity index (χ3n) is 4.67. The van der Waals surface area contributed by atoms with Crippen LogP contribution in [0.3, 0.4) is 0 Å². The minimum atomic E-state index is -3.61. The normalized spacial score (nSPS) is 13.0. The van der Waals surface area contributed by atoms with Gasteiger partial charge in [0, 0.05) is 22.7 Å². The summed E-state index contributed by atoms with van der Waals surface area (Å²) >= 11 is 0. The molecule has 0 radical (unpaired) electrons. The van der Waals surface area contributed by atoms with Crippen LogP contribution in [-0.4, -0.2) is 13.4 Å². The van der Waals surface area contributed by atoms with E-state index in [0.29, 0.717) is 4.90 Å². The largest absolute Gasteiger partial charge is 0.361 e. The first-order chi connectivity index (χ1) is 12.6. The summed E-state index contributed by atoms with van der Waals surface area (Å²) in [7, 11) is -3.61. The van der Waals surface area contributed by atoms with Crippen LogP contribution in [0.4, 0.5) is 0 Å². The van der Waals surface area contributed by atoms with Gasteiger partial charge >= 0.3 is 0 Å². The van der Waals surface area contributed by atoms with Gasteiger partial charge in [-0.1, -0.05) is 66.2 Å². The van der Waals surface area contributed by atoms with Gasteiger partial charge in [-0.05, 0) is 30.7 Å². The minimum Gasteiger partial charge on any atom is -0.361 e. The van der Waals surface area contributed by atoms with E-state index in [4.69, 9.17) is 0 Å². The zero-order chi connectivity index (χ0) is 18.1. The molecule has 0 bridgehead atoms. The van der Waals surface area contributed by atoms with Crippen LogP contribution in [0.25, 0.3) is 10.9 Å². The van der Waals surface area contributed by atoms with E-state index in [1.165, 1.54) is 0 Å². The molecule has 0 aliphatic carbocycles. The van der Waals surface area contributed by atoms with Crippen molar-refractivity contribution in [3.8, 4) is 0 Å². The summed E-state index contributed by atoms with van der Waals surface area (Å²) in [6.45, 7) is 1.95. The van der Waals surface area contributed by atoms with Gasteiger partial charge in [0.25, 0.3) is 0 Å². The lowest BCUT2D eigenvalue weighted by atomic mass is 10.0. The molecule has 0 aliphatic rings. The second-order valence-electron chi connectivity index (χ2n) is 6.44. The summed E-state index contributed by atoms with van der Waals surface area (Å²) in [4.78, 5) is 3.54. The molecule has 0 saturated heterocycles. The molecule has 1 unspecified atom stereocenters. The molecule has 4 heteroatoms. The lowest BCUT2D eigenvalue weighted by molar-refractivity contribution is 0.589. The maximum Gasteiger partial charge on any atom is 0.189 e. The van der Waals surface area contributed by atoms with Crippen molar-refractivity contribution in [1.82, 2.24) is 4.98 Å². The third-order valence-corrected chi connectivity index (χ3v) is 6.74. The molecule has 130 valence electrons. The van der Waals surface area contributed by atoms with E-state index in [1.807, 2.05) is 79.9 Å². The van der Waals surface area contributed by atoms with Gasteiger partial charge in [0.1, 0.15) is 5.25 Å². The number of sulfone groups is 1. The van der Waals surface area contributed by atoms with Crippen LogP contribution in [0, 0.1) is 6.92 Å². The zero-order valence-corrected chi connectivity index (χ0v) is 15.2. The van der Waals surface area contributed by atoms with E-state index < -0.39 is 15.1 Å². The third kappa shape index (κ3) is 2.82. The van der Waals surface area contributed by atoms with Crippen molar-refractivity contribution in [3.05, 3.63) is 102 Å². The van der Waals surface area contributed by atoms with E-state index in [2.05, 4.69) is 4.98 Å². The second kappa shape index (κ2) is 6.46. The van der Waals surface area contributed by atoms with Gasteiger partial charge in [0.15, 0.2) is 9.84 Å². The molecule has 1 heterocycles. The minimum absolute atomic E-state index is 0.335. The molecule has 0 amide bonds. The van der Waals surface area contributed by atoms with E-state index >= 15 is 0 Å². The van der Waals surface area contributed by atoms with Gasteiger partial charge in [-0.3, -0.25) is 0 Å². The van der Waals surface area contributed by atoms with Gasteiger partial charge in [-0.2, -0.15) is 0 Å². The fraction of sp³-hybridized carbons (Fsp3) is 0.0909. The quantitative estimate of drug-likeness (QED) is 0.554. The highest BCUT2D eigenvalue weighted by molar-refractivity contribution is 7.92. The highest BCUT2D eigenvalue weighted by atomic mass is 32.2. The molecule has 0 spiro atoms. The van der Waals surface area contributed by atoms with Crippen molar-refractivity contribution in [2.75, 3.05) is 0 Å². The fourth-order valence-corrected chi connectivity index (χ4v) is 5.16. The van der Waals surface area contributed by atoms with Crippen molar-refractivity contribution >= 4 is 20.7 Å². The summed E-state index contributed by atoms with van der Waals surface area (Å²) in [5, 5.41) is 0.166. The maximum absolute atomic E-state index is 13.6. The van der Waals surface area contributed by atoms with Gasteiger partial charge in [0.05, 0.1) is 4.90 Å². The van der Waals surface area contributed by atoms with Crippen molar-refractivity contribution in [3.63, 3.8) is 0 Å². The lowest BCUT2D eigenvalue weighted by Gasteiger charge is -2.18. The smallest absolute Gasteiger partial charge is 0.189 e. The van der Waals surface area contributed by atoms with Gasteiger partial charge < -0.3 is 4.98 Å². The zero-order valence-electron chi connectivity index (χ0n) is 14.4. The Morgan fingerprint density at radius 3 is 2.19 bits per heavy atom. The molecule has 1 N–H and O–H groups in total. The van der Waals surface area contributed by atoms with Crippen LogP contribution < -0.4 is 0 Å². The van der Waals surface area contributed by atoms with Gasteiger partial charge in [0.2, 0.25) is 0 Å². The van der Waals surface area contributed by atoms with Crippen LogP contribution in [0.1, 0.15) is 21.9 Å². The molecule has 3 aromatic carbocycles. The molecule has 4 rings (SSSR count). The van der Waals surface area contributed by atoms with Crippen LogP contribution in [-0.2, 0) is 9.84 Å². The van der Waals surface area contributed by atoms with E-state index in [1.54, 1.807) is 12.1 Å². The Labute approximate surface area is 153 Å². The highest BCUT2D eigenvalue weighted by Gasteiger charge is 2.32. The number of aryl methyl sites for hydroxylation is 1. The van der Waals surface area contributed by atoms with E-state index in [-0.39, 0.29) is 0 Å². The molecular weight excluding hydrogens is 342 g/mol. The standard InChI is InChI=1S/C22H19NO2S/c1-16-11-13-18(14-12-16)26(24,25)22(17-7-3-2-4-8-17)20-15-23-21-10-6-5-9-19(20)21/h2-15,22-23H,1H3. The average Bonchev–Trinajstić information content (AvgIpc) is 3.07. The molecule has 0 saturated carbocycles. The SMILES string of the molecule is Cc1ccc(S(=O)(=O)C(c2ccccc2)c2c[nH]c3ccccc23)cc1. The van der Waals surface area contributed by atoms with E-state index in [0.717, 1.165) is 27.6 Å². The number of benzene rings is 3. The summed E-state index contributed by atoms with van der Waals surface area (Å²) < 4.78 is 27.1. The molecule has 26 heavy (non-hydrogen) atoms. The molecule has 1 aromatic heterocycles. The molecule has 0 fully saturated rings. The number of aromatic nitrogens is 1. The van der Waals surface area contributed by atoms with Crippen molar-refractivity contribution in [2.24, 2.45) is 0 Å². The first-order valence-corrected chi connectivity index (χ1v) is 10.0. The van der Waals surface area contributed by atoms with Crippen molar-refractivity contribution in [2.45, 2.75) is 17.1 Å². The summed E-state index contributed by atoms with van der Waals surface area (Å²) in [5.74, 6) is 0. The number of aromatic amines is 1. The lowest BCUT2D eigenvalue weighted by Crippen LogP contribution is -2.15. The number of fused-ring (bicyclic) bond motifs is 1. The Morgan fingerprint density at radius 2 is 1.46 bits per heavy atom. The highest BCUT2D eigenvalue weighted by Crippen LogP contribution is 2.38. The van der Waals surface area contributed by atoms with Gasteiger partial charge in [-0.25, -0.2) is 8.42 Å². The summed E-state index contributed by atoms with van der Waals surface area (Å²) in [6, 6.07) is 24.2. The molecule has 3 nitrogen and oxygen atoms in total. The van der Waals surface area contributed by atoms with Gasteiger partial charge in [-0.15, -0.1) is 0 Å². The number of para-hydroxylation sites is 1. The monoisotopic (exact) mass is 361 g/mol. The summed E-state index contributed by atoms with van der Waals surface area (Å²) in [5.41, 5.74) is 3.50. The van der Waals surface area contributed by atoms with Crippen LogP contribution in [0.2, 0.25) is 0 Å².